The van der Waals surface area contributed by atoms with Crippen LogP contribution in [-0.2, 0) is 16.1 Å². The lowest BCUT2D eigenvalue weighted by Crippen LogP contribution is -2.29. The number of aliphatic hydroxyl groups excluding tert-OH is 1. The molecule has 0 saturated carbocycles. The number of benzene rings is 2. The van der Waals surface area contributed by atoms with Gasteiger partial charge in [0, 0.05) is 30.1 Å². The van der Waals surface area contributed by atoms with Crippen LogP contribution in [-0.4, -0.2) is 40.9 Å². The van der Waals surface area contributed by atoms with Crippen molar-refractivity contribution < 1.29 is 24.2 Å². The van der Waals surface area contributed by atoms with E-state index in [-0.39, 0.29) is 17.9 Å². The molecule has 162 valence electrons. The molecule has 2 aromatic carbocycles. The summed E-state index contributed by atoms with van der Waals surface area (Å²) in [6.45, 7) is 0.134. The molecule has 4 rings (SSSR count). The maximum Gasteiger partial charge on any atom is 0.295 e. The summed E-state index contributed by atoms with van der Waals surface area (Å²) >= 11 is 0. The molecule has 1 amide bonds. The molecule has 7 heteroatoms. The van der Waals surface area contributed by atoms with Crippen LogP contribution in [0, 0.1) is 0 Å². The Kier molecular flexibility index (Phi) is 5.89. The normalized spacial score (nSPS) is 17.4. The first-order chi connectivity index (χ1) is 15.5. The fourth-order valence-electron chi connectivity index (χ4n) is 3.86. The van der Waals surface area contributed by atoms with Crippen molar-refractivity contribution in [1.82, 2.24) is 9.88 Å². The zero-order valence-electron chi connectivity index (χ0n) is 17.7. The molecule has 1 aliphatic heterocycles. The third-order valence-electron chi connectivity index (χ3n) is 5.39. The molecule has 1 atom stereocenters. The monoisotopic (exact) mass is 430 g/mol. The maximum absolute atomic E-state index is 13.2. The number of Topliss-reactive ketones (excluding diaryl/α,β-unsaturated/α-hetero) is 1. The van der Waals surface area contributed by atoms with E-state index in [1.807, 2.05) is 6.07 Å². The van der Waals surface area contributed by atoms with E-state index in [2.05, 4.69) is 4.98 Å². The predicted molar refractivity (Wildman–Crippen MR) is 118 cm³/mol. The van der Waals surface area contributed by atoms with Gasteiger partial charge in [-0.05, 0) is 29.8 Å². The van der Waals surface area contributed by atoms with Crippen molar-refractivity contribution in [3.05, 3.63) is 95.3 Å². The second kappa shape index (κ2) is 8.93. The van der Waals surface area contributed by atoms with Gasteiger partial charge < -0.3 is 19.5 Å². The Balaban J connectivity index is 1.93. The van der Waals surface area contributed by atoms with Gasteiger partial charge in [-0.3, -0.25) is 14.6 Å². The number of rotatable bonds is 6. The molecule has 0 unspecified atom stereocenters. The van der Waals surface area contributed by atoms with Crippen LogP contribution in [0.25, 0.3) is 5.76 Å². The number of aliphatic hydroxyl groups is 1. The molecule has 0 radical (unpaired) electrons. The molecule has 7 nitrogen and oxygen atoms in total. The number of aromatic nitrogens is 1. The molecule has 0 spiro atoms. The Morgan fingerprint density at radius 3 is 2.47 bits per heavy atom. The van der Waals surface area contributed by atoms with Crippen LogP contribution in [0.1, 0.15) is 22.7 Å². The standard InChI is InChI=1S/C25H22N2O5/c1-31-18-10-11-20(32-2)19(13-18)22-21(23(28)17-8-4-3-5-9-17)24(29)25(30)27(22)15-16-7-6-12-26-14-16/h3-14,22,28H,15H2,1-2H3/t22-/m0/s1. The van der Waals surface area contributed by atoms with E-state index < -0.39 is 17.7 Å². The second-order valence-corrected chi connectivity index (χ2v) is 7.26. The molecule has 0 aliphatic carbocycles. The van der Waals surface area contributed by atoms with Crippen LogP contribution >= 0.6 is 0 Å². The number of ether oxygens (including phenoxy) is 2. The number of carbonyl (C=O) groups is 2. The Morgan fingerprint density at radius 1 is 1.03 bits per heavy atom. The van der Waals surface area contributed by atoms with Crippen molar-refractivity contribution in [1.29, 1.82) is 0 Å². The summed E-state index contributed by atoms with van der Waals surface area (Å²) in [6, 6.07) is 16.5. The lowest BCUT2D eigenvalue weighted by molar-refractivity contribution is -0.140. The third kappa shape index (κ3) is 3.80. The number of nitrogens with zero attached hydrogens (tertiary/aromatic N) is 2. The molecule has 3 aromatic rings. The summed E-state index contributed by atoms with van der Waals surface area (Å²) in [5.41, 5.74) is 1.73. The van der Waals surface area contributed by atoms with E-state index in [1.165, 1.54) is 19.1 Å². The molecule has 2 heterocycles. The number of hydrogen-bond donors (Lipinski definition) is 1. The highest BCUT2D eigenvalue weighted by atomic mass is 16.5. The van der Waals surface area contributed by atoms with Crippen molar-refractivity contribution in [2.75, 3.05) is 14.2 Å². The minimum Gasteiger partial charge on any atom is -0.507 e. The van der Waals surface area contributed by atoms with Gasteiger partial charge in [-0.25, -0.2) is 0 Å². The quantitative estimate of drug-likeness (QED) is 0.364. The van der Waals surface area contributed by atoms with Gasteiger partial charge in [0.25, 0.3) is 11.7 Å². The summed E-state index contributed by atoms with van der Waals surface area (Å²) in [4.78, 5) is 31.8. The molecular weight excluding hydrogens is 408 g/mol. The van der Waals surface area contributed by atoms with E-state index in [1.54, 1.807) is 67.0 Å². The lowest BCUT2D eigenvalue weighted by Gasteiger charge is -2.27. The zero-order chi connectivity index (χ0) is 22.7. The fourth-order valence-corrected chi connectivity index (χ4v) is 3.86. The fraction of sp³-hybridized carbons (Fsp3) is 0.160. The number of hydrogen-bond acceptors (Lipinski definition) is 6. The summed E-state index contributed by atoms with van der Waals surface area (Å²) in [5, 5.41) is 11.1. The van der Waals surface area contributed by atoms with E-state index >= 15 is 0 Å². The topological polar surface area (TPSA) is 89.0 Å². The van der Waals surface area contributed by atoms with Gasteiger partial charge >= 0.3 is 0 Å². The third-order valence-corrected chi connectivity index (χ3v) is 5.39. The Bertz CT molecular complexity index is 1180. The molecule has 1 aliphatic rings. The van der Waals surface area contributed by atoms with Gasteiger partial charge in [-0.2, -0.15) is 0 Å². The molecule has 1 fully saturated rings. The molecule has 0 bridgehead atoms. The zero-order valence-corrected chi connectivity index (χ0v) is 17.7. The lowest BCUT2D eigenvalue weighted by atomic mass is 9.94. The highest BCUT2D eigenvalue weighted by Crippen LogP contribution is 2.44. The maximum atomic E-state index is 13.2. The van der Waals surface area contributed by atoms with E-state index in [4.69, 9.17) is 9.47 Å². The average molecular weight is 430 g/mol. The van der Waals surface area contributed by atoms with Gasteiger partial charge in [0.05, 0.1) is 25.8 Å². The molecular formula is C25H22N2O5. The van der Waals surface area contributed by atoms with E-state index in [0.29, 0.717) is 22.6 Å². The minimum atomic E-state index is -0.875. The van der Waals surface area contributed by atoms with Crippen molar-refractivity contribution in [2.24, 2.45) is 0 Å². The highest BCUT2D eigenvalue weighted by Gasteiger charge is 2.47. The largest absolute Gasteiger partial charge is 0.507 e. The Hall–Kier alpha value is -4.13. The first-order valence-electron chi connectivity index (χ1n) is 9.99. The predicted octanol–water partition coefficient (Wildman–Crippen LogP) is 3.72. The van der Waals surface area contributed by atoms with E-state index in [9.17, 15) is 14.7 Å². The van der Waals surface area contributed by atoms with Gasteiger partial charge in [-0.1, -0.05) is 36.4 Å². The van der Waals surface area contributed by atoms with Crippen LogP contribution < -0.4 is 9.47 Å². The number of carbonyl (C=O) groups excluding carboxylic acids is 2. The van der Waals surface area contributed by atoms with Gasteiger partial charge in [-0.15, -0.1) is 0 Å². The summed E-state index contributed by atoms with van der Waals surface area (Å²) < 4.78 is 10.9. The number of methoxy groups -OCH3 is 2. The Labute approximate surface area is 185 Å². The molecule has 1 N–H and O–H groups in total. The molecule has 1 saturated heterocycles. The van der Waals surface area contributed by atoms with Crippen molar-refractivity contribution in [3.63, 3.8) is 0 Å². The molecule has 1 aromatic heterocycles. The summed E-state index contributed by atoms with van der Waals surface area (Å²) in [7, 11) is 3.04. The van der Waals surface area contributed by atoms with Crippen LogP contribution in [0.2, 0.25) is 0 Å². The van der Waals surface area contributed by atoms with Crippen LogP contribution in [0.4, 0.5) is 0 Å². The van der Waals surface area contributed by atoms with Crippen LogP contribution in [0.15, 0.2) is 78.6 Å². The van der Waals surface area contributed by atoms with Crippen LogP contribution in [0.5, 0.6) is 11.5 Å². The number of pyridine rings is 1. The van der Waals surface area contributed by atoms with Crippen LogP contribution in [0.3, 0.4) is 0 Å². The number of amides is 1. The SMILES string of the molecule is COc1ccc(OC)c([C@H]2C(=C(O)c3ccccc3)C(=O)C(=O)N2Cc2cccnc2)c1. The van der Waals surface area contributed by atoms with Crippen molar-refractivity contribution in [3.8, 4) is 11.5 Å². The summed E-state index contributed by atoms with van der Waals surface area (Å²) in [5.74, 6) is -0.709. The van der Waals surface area contributed by atoms with Crippen molar-refractivity contribution >= 4 is 17.4 Å². The second-order valence-electron chi connectivity index (χ2n) is 7.26. The minimum absolute atomic E-state index is 0.00311. The number of likely N-dealkylation sites (tertiary alicyclic amines) is 1. The smallest absolute Gasteiger partial charge is 0.295 e. The first-order valence-corrected chi connectivity index (χ1v) is 9.99. The molecule has 32 heavy (non-hydrogen) atoms. The number of ketones is 1. The highest BCUT2D eigenvalue weighted by molar-refractivity contribution is 6.46. The summed E-state index contributed by atoms with van der Waals surface area (Å²) in [6.07, 6.45) is 3.27. The first kappa shape index (κ1) is 21.1. The Morgan fingerprint density at radius 2 is 1.81 bits per heavy atom. The van der Waals surface area contributed by atoms with Gasteiger partial charge in [0.2, 0.25) is 0 Å². The van der Waals surface area contributed by atoms with Crippen molar-refractivity contribution in [2.45, 2.75) is 12.6 Å². The van der Waals surface area contributed by atoms with Gasteiger partial charge in [0.1, 0.15) is 17.3 Å². The van der Waals surface area contributed by atoms with E-state index in [0.717, 1.165) is 5.56 Å². The van der Waals surface area contributed by atoms with Gasteiger partial charge in [0.15, 0.2) is 0 Å². The average Bonchev–Trinajstić information content (AvgIpc) is 3.09.